The Morgan fingerprint density at radius 3 is 2.57 bits per heavy atom. The number of hydrogen-bond acceptors (Lipinski definition) is 5. The zero-order chi connectivity index (χ0) is 25.5. The third kappa shape index (κ3) is 5.11. The van der Waals surface area contributed by atoms with Crippen LogP contribution in [0.25, 0.3) is 6.08 Å². The molecule has 1 fully saturated rings. The van der Waals surface area contributed by atoms with Crippen molar-refractivity contribution < 1.29 is 14.4 Å². The smallest absolute Gasteiger partial charge is 0.294 e. The summed E-state index contributed by atoms with van der Waals surface area (Å²) in [5, 5.41) is 2.79. The molecule has 0 aromatic heterocycles. The molecule has 0 saturated carbocycles. The normalized spacial score (nSPS) is 20.4. The molecule has 0 unspecified atom stereocenters. The van der Waals surface area contributed by atoms with Crippen molar-refractivity contribution in [2.45, 2.75) is 52.5 Å². The highest BCUT2D eigenvalue weighted by Gasteiger charge is 2.38. The number of carbonyl (C=O) groups excluding carboxylic acids is 3. The van der Waals surface area contributed by atoms with Gasteiger partial charge in [0.25, 0.3) is 11.1 Å². The van der Waals surface area contributed by atoms with Crippen LogP contribution in [0.4, 0.5) is 16.2 Å². The summed E-state index contributed by atoms with van der Waals surface area (Å²) in [7, 11) is 0. The molecule has 2 aliphatic heterocycles. The molecule has 2 aliphatic rings. The zero-order valence-corrected chi connectivity index (χ0v) is 22.2. The van der Waals surface area contributed by atoms with E-state index < -0.39 is 17.1 Å². The Bertz CT molecular complexity index is 1220. The van der Waals surface area contributed by atoms with Gasteiger partial charge < -0.3 is 10.2 Å². The van der Waals surface area contributed by atoms with Crippen LogP contribution in [0.3, 0.4) is 0 Å². The van der Waals surface area contributed by atoms with Gasteiger partial charge in [0, 0.05) is 28.5 Å². The average Bonchev–Trinajstić information content (AvgIpc) is 3.03. The van der Waals surface area contributed by atoms with E-state index in [2.05, 4.69) is 50.0 Å². The molecule has 2 aromatic carbocycles. The number of imide groups is 1. The Hall–Kier alpha value is -2.77. The summed E-state index contributed by atoms with van der Waals surface area (Å²) in [6, 6.07) is 11.0. The predicted octanol–water partition coefficient (Wildman–Crippen LogP) is 6.44. The Balaban J connectivity index is 1.55. The minimum absolute atomic E-state index is 0.0738. The first-order chi connectivity index (χ1) is 16.5. The molecule has 35 heavy (non-hydrogen) atoms. The minimum atomic E-state index is -0.451. The highest BCUT2D eigenvalue weighted by molar-refractivity contribution is 8.18. The molecule has 0 spiro atoms. The van der Waals surface area contributed by atoms with Gasteiger partial charge in [0.2, 0.25) is 5.91 Å². The molecule has 1 saturated heterocycles. The molecule has 0 aliphatic carbocycles. The molecule has 1 N–H and O–H groups in total. The molecule has 4 rings (SSSR count). The SMILES string of the molecule is CCN1c2cc(C)c(/C=C3\SC(=O)N(CC(=O)Nc4ccc(Cl)cc4)C3=O)cc2[C@@H](C)CC1(C)C. The van der Waals surface area contributed by atoms with Gasteiger partial charge in [-0.05, 0) is 111 Å². The molecule has 6 nitrogen and oxygen atoms in total. The van der Waals surface area contributed by atoms with Crippen molar-refractivity contribution in [1.29, 1.82) is 0 Å². The van der Waals surface area contributed by atoms with E-state index in [1.807, 2.05) is 6.92 Å². The fraction of sp³-hybridized carbons (Fsp3) is 0.370. The molecule has 1 atom stereocenters. The number of amides is 3. The van der Waals surface area contributed by atoms with Gasteiger partial charge in [0.05, 0.1) is 4.91 Å². The number of aryl methyl sites for hydroxylation is 1. The Morgan fingerprint density at radius 2 is 1.91 bits per heavy atom. The lowest BCUT2D eigenvalue weighted by atomic mass is 9.79. The summed E-state index contributed by atoms with van der Waals surface area (Å²) >= 11 is 6.74. The number of nitrogens with one attached hydrogen (secondary N) is 1. The van der Waals surface area contributed by atoms with Crippen molar-refractivity contribution in [2.24, 2.45) is 0 Å². The van der Waals surface area contributed by atoms with Crippen LogP contribution in [0.1, 0.15) is 56.7 Å². The fourth-order valence-corrected chi connectivity index (χ4v) is 6.01. The molecule has 2 heterocycles. The van der Waals surface area contributed by atoms with Crippen molar-refractivity contribution >= 4 is 57.9 Å². The predicted molar refractivity (Wildman–Crippen MR) is 144 cm³/mol. The summed E-state index contributed by atoms with van der Waals surface area (Å²) in [5.74, 6) is -0.521. The molecule has 8 heteroatoms. The van der Waals surface area contributed by atoms with Gasteiger partial charge in [0.1, 0.15) is 6.54 Å². The number of fused-ring (bicyclic) bond motifs is 1. The largest absolute Gasteiger partial charge is 0.366 e. The van der Waals surface area contributed by atoms with E-state index in [9.17, 15) is 14.4 Å². The Kier molecular flexibility index (Phi) is 7.02. The second kappa shape index (κ2) is 9.70. The first kappa shape index (κ1) is 25.3. The molecule has 0 bridgehead atoms. The monoisotopic (exact) mass is 511 g/mol. The van der Waals surface area contributed by atoms with Gasteiger partial charge in [-0.1, -0.05) is 18.5 Å². The van der Waals surface area contributed by atoms with E-state index in [1.54, 1.807) is 30.3 Å². The highest BCUT2D eigenvalue weighted by Crippen LogP contribution is 2.45. The van der Waals surface area contributed by atoms with Gasteiger partial charge in [-0.15, -0.1) is 0 Å². The van der Waals surface area contributed by atoms with Crippen molar-refractivity contribution in [3.8, 4) is 0 Å². The molecule has 2 aromatic rings. The number of halogens is 1. The van der Waals surface area contributed by atoms with E-state index in [4.69, 9.17) is 11.6 Å². The maximum Gasteiger partial charge on any atom is 0.294 e. The zero-order valence-electron chi connectivity index (χ0n) is 20.6. The van der Waals surface area contributed by atoms with E-state index >= 15 is 0 Å². The van der Waals surface area contributed by atoms with Gasteiger partial charge in [-0.3, -0.25) is 19.3 Å². The molecular weight excluding hydrogens is 482 g/mol. The quantitative estimate of drug-likeness (QED) is 0.468. The van der Waals surface area contributed by atoms with E-state index in [0.717, 1.165) is 40.8 Å². The van der Waals surface area contributed by atoms with Gasteiger partial charge in [-0.2, -0.15) is 0 Å². The number of carbonyl (C=O) groups is 3. The maximum atomic E-state index is 13.0. The summed E-state index contributed by atoms with van der Waals surface area (Å²) in [6.45, 7) is 11.6. The van der Waals surface area contributed by atoms with Crippen molar-refractivity contribution in [1.82, 2.24) is 4.90 Å². The van der Waals surface area contributed by atoms with Crippen LogP contribution < -0.4 is 10.2 Å². The van der Waals surface area contributed by atoms with Gasteiger partial charge >= 0.3 is 0 Å². The number of hydrogen-bond donors (Lipinski definition) is 1. The molecule has 0 radical (unpaired) electrons. The van der Waals surface area contributed by atoms with Crippen molar-refractivity contribution in [3.63, 3.8) is 0 Å². The fourth-order valence-electron chi connectivity index (χ4n) is 5.06. The molecule has 184 valence electrons. The number of nitrogens with zero attached hydrogens (tertiary/aromatic N) is 2. The summed E-state index contributed by atoms with van der Waals surface area (Å²) in [4.78, 5) is 41.8. The second-order valence-corrected chi connectivity index (χ2v) is 11.2. The van der Waals surface area contributed by atoms with Crippen molar-refractivity contribution in [3.05, 3.63) is 63.0 Å². The summed E-state index contributed by atoms with van der Waals surface area (Å²) in [6.07, 6.45) is 2.82. The Morgan fingerprint density at radius 1 is 1.23 bits per heavy atom. The van der Waals surface area contributed by atoms with E-state index in [1.165, 1.54) is 11.3 Å². The van der Waals surface area contributed by atoms with Crippen LogP contribution >= 0.6 is 23.4 Å². The number of thioether (sulfide) groups is 1. The maximum absolute atomic E-state index is 13.0. The van der Waals surface area contributed by atoms with Crippen LogP contribution in [0, 0.1) is 6.92 Å². The molecular formula is C27H30ClN3O3S. The van der Waals surface area contributed by atoms with Crippen LogP contribution in [0.2, 0.25) is 5.02 Å². The topological polar surface area (TPSA) is 69.7 Å². The third-order valence-corrected chi connectivity index (χ3v) is 7.84. The standard InChI is InChI=1S/C27H30ClN3O3S/c1-6-31-22-11-16(2)18(12-21(22)17(3)14-27(31,4)5)13-23-25(33)30(26(34)35-23)15-24(32)29-20-9-7-19(28)8-10-20/h7-13,17H,6,14-15H2,1-5H3,(H,29,32)/b23-13-/t17-/m0/s1. The van der Waals surface area contributed by atoms with Crippen molar-refractivity contribution in [2.75, 3.05) is 23.3 Å². The average molecular weight is 512 g/mol. The van der Waals surface area contributed by atoms with E-state index in [0.29, 0.717) is 21.5 Å². The van der Waals surface area contributed by atoms with Gasteiger partial charge in [-0.25, -0.2) is 0 Å². The minimum Gasteiger partial charge on any atom is -0.366 e. The second-order valence-electron chi connectivity index (χ2n) is 9.75. The Labute approximate surface area is 215 Å². The number of anilines is 2. The lowest BCUT2D eigenvalue weighted by molar-refractivity contribution is -0.127. The van der Waals surface area contributed by atoms with Crippen LogP contribution in [-0.4, -0.2) is 40.6 Å². The number of benzene rings is 2. The lowest BCUT2D eigenvalue weighted by Crippen LogP contribution is -2.48. The summed E-state index contributed by atoms with van der Waals surface area (Å²) in [5.41, 5.74) is 5.07. The van der Waals surface area contributed by atoms with Crippen LogP contribution in [0.5, 0.6) is 0 Å². The van der Waals surface area contributed by atoms with Gasteiger partial charge in [0.15, 0.2) is 0 Å². The highest BCUT2D eigenvalue weighted by atomic mass is 35.5. The first-order valence-electron chi connectivity index (χ1n) is 11.7. The third-order valence-electron chi connectivity index (χ3n) is 6.68. The number of rotatable bonds is 5. The summed E-state index contributed by atoms with van der Waals surface area (Å²) < 4.78 is 0. The van der Waals surface area contributed by atoms with Crippen LogP contribution in [0.15, 0.2) is 41.3 Å². The lowest BCUT2D eigenvalue weighted by Gasteiger charge is -2.47. The van der Waals surface area contributed by atoms with Crippen LogP contribution in [-0.2, 0) is 9.59 Å². The first-order valence-corrected chi connectivity index (χ1v) is 12.9. The molecule has 3 amide bonds. The van der Waals surface area contributed by atoms with E-state index in [-0.39, 0.29) is 12.1 Å².